The summed E-state index contributed by atoms with van der Waals surface area (Å²) < 4.78 is 9.21. The molecule has 0 amide bonds. The molecule has 0 aliphatic carbocycles. The molecule has 0 saturated heterocycles. The quantitative estimate of drug-likeness (QED) is 0.372. The molecule has 0 fully saturated rings. The molecule has 0 unspecified atom stereocenters. The fraction of sp³-hybridized carbons (Fsp3) is 0.600. The lowest BCUT2D eigenvalue weighted by molar-refractivity contribution is -0.164. The second-order valence-corrected chi connectivity index (χ2v) is 2.95. The largest absolute Gasteiger partial charge is 0.428 e. The van der Waals surface area contributed by atoms with Gasteiger partial charge in [-0.1, -0.05) is 19.9 Å². The minimum absolute atomic E-state index is 0.287. The number of ether oxygens (including phenoxy) is 2. The summed E-state index contributed by atoms with van der Waals surface area (Å²) in [5.41, 5.74) is 0.287. The standard InChI is InChI=1S/C10H16O4/c1-4-5-6-9(11)13-7-14-10(12)8(2)3/h2,4-7H2,1,3H3. The van der Waals surface area contributed by atoms with E-state index in [4.69, 9.17) is 0 Å². The Balaban J connectivity index is 3.49. The van der Waals surface area contributed by atoms with Crippen LogP contribution in [0.4, 0.5) is 0 Å². The Bertz CT molecular complexity index is 220. The monoisotopic (exact) mass is 200 g/mol. The number of carbonyl (C=O) groups excluding carboxylic acids is 2. The van der Waals surface area contributed by atoms with Crippen LogP contribution in [0.3, 0.4) is 0 Å². The molecule has 0 aliphatic rings. The second-order valence-electron chi connectivity index (χ2n) is 2.95. The molecular formula is C10H16O4. The van der Waals surface area contributed by atoms with E-state index in [-0.39, 0.29) is 18.3 Å². The zero-order valence-corrected chi connectivity index (χ0v) is 8.67. The van der Waals surface area contributed by atoms with Crippen molar-refractivity contribution in [1.29, 1.82) is 0 Å². The molecule has 0 bridgehead atoms. The molecule has 4 nitrogen and oxygen atoms in total. The molecule has 0 aromatic heterocycles. The maximum atomic E-state index is 10.9. The Kier molecular flexibility index (Phi) is 6.45. The molecule has 0 aromatic rings. The number of rotatable bonds is 6. The summed E-state index contributed by atoms with van der Waals surface area (Å²) in [5.74, 6) is -0.894. The second kappa shape index (κ2) is 7.12. The Hall–Kier alpha value is -1.32. The Morgan fingerprint density at radius 3 is 2.43 bits per heavy atom. The summed E-state index contributed by atoms with van der Waals surface area (Å²) >= 11 is 0. The Morgan fingerprint density at radius 2 is 1.93 bits per heavy atom. The van der Waals surface area contributed by atoms with Crippen LogP contribution in [-0.4, -0.2) is 18.7 Å². The van der Waals surface area contributed by atoms with Crippen LogP contribution < -0.4 is 0 Å². The van der Waals surface area contributed by atoms with Crippen molar-refractivity contribution in [3.05, 3.63) is 12.2 Å². The fourth-order valence-corrected chi connectivity index (χ4v) is 0.665. The first kappa shape index (κ1) is 12.7. The molecular weight excluding hydrogens is 184 g/mol. The smallest absolute Gasteiger partial charge is 0.335 e. The van der Waals surface area contributed by atoms with Crippen molar-refractivity contribution in [3.8, 4) is 0 Å². The molecule has 80 valence electrons. The summed E-state index contributed by atoms with van der Waals surface area (Å²) in [6.07, 6.45) is 2.08. The average Bonchev–Trinajstić information content (AvgIpc) is 2.14. The zero-order valence-electron chi connectivity index (χ0n) is 8.67. The van der Waals surface area contributed by atoms with Crippen LogP contribution in [0.15, 0.2) is 12.2 Å². The van der Waals surface area contributed by atoms with Crippen molar-refractivity contribution in [1.82, 2.24) is 0 Å². The molecule has 0 radical (unpaired) electrons. The van der Waals surface area contributed by atoms with Gasteiger partial charge >= 0.3 is 11.9 Å². The fourth-order valence-electron chi connectivity index (χ4n) is 0.665. The van der Waals surface area contributed by atoms with Gasteiger partial charge in [-0.25, -0.2) is 4.79 Å². The van der Waals surface area contributed by atoms with Crippen molar-refractivity contribution >= 4 is 11.9 Å². The third-order valence-corrected chi connectivity index (χ3v) is 1.49. The predicted octanol–water partition coefficient (Wildman–Crippen LogP) is 1.80. The van der Waals surface area contributed by atoms with Crippen molar-refractivity contribution in [2.75, 3.05) is 6.79 Å². The highest BCUT2D eigenvalue weighted by Gasteiger charge is 2.05. The molecule has 0 spiro atoms. The highest BCUT2D eigenvalue weighted by molar-refractivity contribution is 5.86. The first-order valence-corrected chi connectivity index (χ1v) is 4.56. The lowest BCUT2D eigenvalue weighted by atomic mass is 10.3. The topological polar surface area (TPSA) is 52.6 Å². The number of unbranched alkanes of at least 4 members (excludes halogenated alkanes) is 1. The zero-order chi connectivity index (χ0) is 11.0. The minimum Gasteiger partial charge on any atom is -0.428 e. The molecule has 0 N–H and O–H groups in total. The number of hydrogen-bond acceptors (Lipinski definition) is 4. The van der Waals surface area contributed by atoms with E-state index in [0.717, 1.165) is 12.8 Å². The van der Waals surface area contributed by atoms with Gasteiger partial charge in [-0.2, -0.15) is 0 Å². The van der Waals surface area contributed by atoms with Gasteiger partial charge in [0.1, 0.15) is 0 Å². The number of esters is 2. The van der Waals surface area contributed by atoms with E-state index in [1.165, 1.54) is 6.92 Å². The van der Waals surface area contributed by atoms with Crippen LogP contribution in [0.25, 0.3) is 0 Å². The summed E-state index contributed by atoms with van der Waals surface area (Å²) in [6, 6.07) is 0. The van der Waals surface area contributed by atoms with Crippen LogP contribution in [0.5, 0.6) is 0 Å². The van der Waals surface area contributed by atoms with E-state index in [2.05, 4.69) is 16.1 Å². The summed E-state index contributed by atoms with van der Waals surface area (Å²) in [6.45, 7) is 6.57. The number of hydrogen-bond donors (Lipinski definition) is 0. The molecule has 0 atom stereocenters. The predicted molar refractivity (Wildman–Crippen MR) is 51.4 cm³/mol. The molecule has 4 heteroatoms. The van der Waals surface area contributed by atoms with E-state index < -0.39 is 5.97 Å². The van der Waals surface area contributed by atoms with E-state index >= 15 is 0 Å². The van der Waals surface area contributed by atoms with Gasteiger partial charge < -0.3 is 9.47 Å². The summed E-state index contributed by atoms with van der Waals surface area (Å²) in [7, 11) is 0. The summed E-state index contributed by atoms with van der Waals surface area (Å²) in [4.78, 5) is 21.7. The van der Waals surface area contributed by atoms with Crippen LogP contribution in [0.2, 0.25) is 0 Å². The van der Waals surface area contributed by atoms with Crippen LogP contribution >= 0.6 is 0 Å². The van der Waals surface area contributed by atoms with E-state index in [9.17, 15) is 9.59 Å². The third kappa shape index (κ3) is 6.22. The van der Waals surface area contributed by atoms with E-state index in [1.54, 1.807) is 0 Å². The van der Waals surface area contributed by atoms with Crippen molar-refractivity contribution in [2.45, 2.75) is 33.1 Å². The molecule has 0 aromatic carbocycles. The maximum Gasteiger partial charge on any atom is 0.335 e. The first-order valence-electron chi connectivity index (χ1n) is 4.56. The van der Waals surface area contributed by atoms with Crippen molar-refractivity contribution in [2.24, 2.45) is 0 Å². The van der Waals surface area contributed by atoms with Crippen LogP contribution in [-0.2, 0) is 19.1 Å². The van der Waals surface area contributed by atoms with Gasteiger partial charge in [0.2, 0.25) is 6.79 Å². The lowest BCUT2D eigenvalue weighted by Gasteiger charge is -2.05. The van der Waals surface area contributed by atoms with Gasteiger partial charge in [0, 0.05) is 12.0 Å². The maximum absolute atomic E-state index is 10.9. The first-order chi connectivity index (χ1) is 6.57. The minimum atomic E-state index is -0.548. The lowest BCUT2D eigenvalue weighted by Crippen LogP contribution is -2.12. The highest BCUT2D eigenvalue weighted by atomic mass is 16.7. The van der Waals surface area contributed by atoms with E-state index in [1.807, 2.05) is 6.92 Å². The van der Waals surface area contributed by atoms with Gasteiger partial charge in [0.25, 0.3) is 0 Å². The van der Waals surface area contributed by atoms with Crippen molar-refractivity contribution < 1.29 is 19.1 Å². The normalized spacial score (nSPS) is 9.29. The molecule has 0 saturated carbocycles. The average molecular weight is 200 g/mol. The van der Waals surface area contributed by atoms with Crippen LogP contribution in [0.1, 0.15) is 33.1 Å². The number of carbonyl (C=O) groups is 2. The Morgan fingerprint density at radius 1 is 1.29 bits per heavy atom. The third-order valence-electron chi connectivity index (χ3n) is 1.49. The molecule has 0 aliphatic heterocycles. The highest BCUT2D eigenvalue weighted by Crippen LogP contribution is 1.97. The van der Waals surface area contributed by atoms with Crippen LogP contribution in [0, 0.1) is 0 Å². The SMILES string of the molecule is C=C(C)C(=O)OCOC(=O)CCCC. The summed E-state index contributed by atoms with van der Waals surface area (Å²) in [5, 5.41) is 0. The van der Waals surface area contributed by atoms with Gasteiger partial charge in [0.15, 0.2) is 0 Å². The van der Waals surface area contributed by atoms with Gasteiger partial charge in [-0.3, -0.25) is 4.79 Å². The molecule has 0 heterocycles. The van der Waals surface area contributed by atoms with Gasteiger partial charge in [0.05, 0.1) is 0 Å². The molecule has 14 heavy (non-hydrogen) atoms. The van der Waals surface area contributed by atoms with Crippen molar-refractivity contribution in [3.63, 3.8) is 0 Å². The molecule has 0 rings (SSSR count). The Labute approximate surface area is 83.9 Å². The van der Waals surface area contributed by atoms with E-state index in [0.29, 0.717) is 6.42 Å². The van der Waals surface area contributed by atoms with Gasteiger partial charge in [-0.05, 0) is 13.3 Å². The van der Waals surface area contributed by atoms with Gasteiger partial charge in [-0.15, -0.1) is 0 Å².